The van der Waals surface area contributed by atoms with Gasteiger partial charge in [0, 0.05) is 11.8 Å². The third kappa shape index (κ3) is 3.71. The van der Waals surface area contributed by atoms with Gasteiger partial charge in [0.2, 0.25) is 0 Å². The molecule has 0 aliphatic heterocycles. The molecule has 0 aromatic heterocycles. The summed E-state index contributed by atoms with van der Waals surface area (Å²) in [6, 6.07) is 0. The molecule has 4 aliphatic rings. The van der Waals surface area contributed by atoms with Gasteiger partial charge in [0.25, 0.3) is 0 Å². The molecule has 4 aliphatic carbocycles. The molecule has 3 saturated carbocycles. The number of hydrogen-bond donors (Lipinski definition) is 3. The Morgan fingerprint density at radius 3 is 2.57 bits per heavy atom. The number of fused-ring (bicyclic) bond motifs is 5. The molecule has 0 saturated heterocycles. The van der Waals surface area contributed by atoms with E-state index in [1.807, 2.05) is 13.8 Å². The Balaban J connectivity index is 1.50. The minimum atomic E-state index is -0.546. The maximum atomic E-state index is 11.1. The van der Waals surface area contributed by atoms with Gasteiger partial charge in [-0.05, 0) is 93.8 Å². The summed E-state index contributed by atoms with van der Waals surface area (Å²) >= 11 is 0. The second kappa shape index (κ2) is 7.89. The lowest BCUT2D eigenvalue weighted by Gasteiger charge is -2.59. The molecule has 0 bridgehead atoms. The molecule has 0 radical (unpaired) electrons. The predicted octanol–water partition coefficient (Wildman–Crippen LogP) is 5.47. The molecular weight excluding hydrogens is 372 g/mol. The van der Waals surface area contributed by atoms with Gasteiger partial charge in [0.1, 0.15) is 0 Å². The number of aliphatic hydroxyl groups is 3. The molecule has 0 aromatic carbocycles. The van der Waals surface area contributed by atoms with Crippen LogP contribution in [0.4, 0.5) is 0 Å². The largest absolute Gasteiger partial charge is 0.393 e. The third-order valence-corrected chi connectivity index (χ3v) is 10.4. The maximum absolute atomic E-state index is 11.1. The molecule has 3 N–H and O–H groups in total. The summed E-state index contributed by atoms with van der Waals surface area (Å²) in [6.07, 6.45) is 12.5. The Labute approximate surface area is 184 Å². The van der Waals surface area contributed by atoms with Crippen LogP contribution in [0.3, 0.4) is 0 Å². The number of aliphatic hydroxyl groups excluding tert-OH is 2. The van der Waals surface area contributed by atoms with E-state index in [2.05, 4.69) is 26.8 Å². The Hall–Kier alpha value is -0.380. The molecule has 0 amide bonds. The first-order valence-corrected chi connectivity index (χ1v) is 12.7. The first kappa shape index (κ1) is 22.8. The topological polar surface area (TPSA) is 60.7 Å². The highest BCUT2D eigenvalue weighted by molar-refractivity contribution is 5.27. The molecule has 30 heavy (non-hydrogen) atoms. The molecule has 0 spiro atoms. The molecule has 3 nitrogen and oxygen atoms in total. The van der Waals surface area contributed by atoms with Crippen molar-refractivity contribution in [2.45, 2.75) is 117 Å². The van der Waals surface area contributed by atoms with Crippen molar-refractivity contribution in [3.63, 3.8) is 0 Å². The highest BCUT2D eigenvalue weighted by Crippen LogP contribution is 2.67. The lowest BCUT2D eigenvalue weighted by molar-refractivity contribution is -0.108. The fraction of sp³-hybridized carbons (Fsp3) is 0.926. The standard InChI is InChI=1S/C27H46O3/c1-17(7-6-13-25(2,3)30)21-10-11-22-20-9-8-18-15-19(28)16-24(29)27(18,5)23(20)12-14-26(21,22)4/h8,17,19-24,28-30H,6-7,9-16H2,1-5H3/t17-,19-,20+,21?,22+,23+,24+,26-,27+/m1/s1. The molecule has 172 valence electrons. The third-order valence-electron chi connectivity index (χ3n) is 10.4. The molecule has 9 atom stereocenters. The van der Waals surface area contributed by atoms with Crippen LogP contribution < -0.4 is 0 Å². The molecular formula is C27H46O3. The Morgan fingerprint density at radius 1 is 1.13 bits per heavy atom. The molecule has 4 rings (SSSR count). The highest BCUT2D eigenvalue weighted by Gasteiger charge is 2.60. The van der Waals surface area contributed by atoms with Gasteiger partial charge in [0.15, 0.2) is 0 Å². The summed E-state index contributed by atoms with van der Waals surface area (Å²) in [5, 5.41) is 31.4. The molecule has 3 heteroatoms. The van der Waals surface area contributed by atoms with E-state index in [1.165, 1.54) is 37.7 Å². The number of hydrogen-bond acceptors (Lipinski definition) is 3. The van der Waals surface area contributed by atoms with Gasteiger partial charge in [0.05, 0.1) is 17.8 Å². The number of rotatable bonds is 5. The second-order valence-corrected chi connectivity index (χ2v) is 12.6. The fourth-order valence-electron chi connectivity index (χ4n) is 8.73. The Bertz CT molecular complexity index is 664. The van der Waals surface area contributed by atoms with Crippen LogP contribution in [0.1, 0.15) is 98.8 Å². The van der Waals surface area contributed by atoms with Gasteiger partial charge in [-0.1, -0.05) is 45.3 Å². The van der Waals surface area contributed by atoms with Gasteiger partial charge < -0.3 is 15.3 Å². The summed E-state index contributed by atoms with van der Waals surface area (Å²) in [6.45, 7) is 11.2. The van der Waals surface area contributed by atoms with Crippen LogP contribution in [0.5, 0.6) is 0 Å². The van der Waals surface area contributed by atoms with Crippen molar-refractivity contribution in [2.75, 3.05) is 0 Å². The van der Waals surface area contributed by atoms with Gasteiger partial charge in [-0.15, -0.1) is 0 Å². The zero-order valence-corrected chi connectivity index (χ0v) is 20.0. The van der Waals surface area contributed by atoms with E-state index < -0.39 is 11.7 Å². The molecule has 0 heterocycles. The lowest BCUT2D eigenvalue weighted by Crippen LogP contribution is -2.55. The van der Waals surface area contributed by atoms with Gasteiger partial charge >= 0.3 is 0 Å². The average molecular weight is 419 g/mol. The summed E-state index contributed by atoms with van der Waals surface area (Å²) in [7, 11) is 0. The van der Waals surface area contributed by atoms with E-state index in [-0.39, 0.29) is 11.5 Å². The van der Waals surface area contributed by atoms with E-state index in [0.717, 1.165) is 43.4 Å². The van der Waals surface area contributed by atoms with Gasteiger partial charge in [-0.25, -0.2) is 0 Å². The van der Waals surface area contributed by atoms with Crippen molar-refractivity contribution in [1.82, 2.24) is 0 Å². The zero-order chi connectivity index (χ0) is 21.9. The van der Waals surface area contributed by atoms with E-state index >= 15 is 0 Å². The summed E-state index contributed by atoms with van der Waals surface area (Å²) in [5.74, 6) is 3.55. The van der Waals surface area contributed by atoms with Crippen molar-refractivity contribution in [3.05, 3.63) is 11.6 Å². The van der Waals surface area contributed by atoms with Crippen LogP contribution in [-0.2, 0) is 0 Å². The van der Waals surface area contributed by atoms with Crippen LogP contribution in [0.15, 0.2) is 11.6 Å². The number of allylic oxidation sites excluding steroid dienone is 1. The molecule has 0 aromatic rings. The average Bonchev–Trinajstić information content (AvgIpc) is 2.99. The van der Waals surface area contributed by atoms with Crippen molar-refractivity contribution in [2.24, 2.45) is 40.4 Å². The summed E-state index contributed by atoms with van der Waals surface area (Å²) in [4.78, 5) is 0. The van der Waals surface area contributed by atoms with Crippen molar-refractivity contribution >= 4 is 0 Å². The van der Waals surface area contributed by atoms with Crippen LogP contribution in [0.2, 0.25) is 0 Å². The maximum Gasteiger partial charge on any atom is 0.0658 e. The molecule has 3 fully saturated rings. The Morgan fingerprint density at radius 2 is 1.87 bits per heavy atom. The zero-order valence-electron chi connectivity index (χ0n) is 20.0. The highest BCUT2D eigenvalue weighted by atomic mass is 16.3. The predicted molar refractivity (Wildman–Crippen MR) is 122 cm³/mol. The fourth-order valence-corrected chi connectivity index (χ4v) is 8.73. The normalized spacial score (nSPS) is 47.1. The summed E-state index contributed by atoms with van der Waals surface area (Å²) < 4.78 is 0. The SMILES string of the molecule is C[C@H](CCCC(C)(C)O)C1CC[C@H]2[C@@H]3CC=C4C[C@@H](O)C[C@H](O)[C@]4(C)[C@H]3CC[C@]12C. The van der Waals surface area contributed by atoms with Crippen LogP contribution in [-0.4, -0.2) is 33.1 Å². The monoisotopic (exact) mass is 418 g/mol. The van der Waals surface area contributed by atoms with Crippen molar-refractivity contribution < 1.29 is 15.3 Å². The van der Waals surface area contributed by atoms with Gasteiger partial charge in [-0.2, -0.15) is 0 Å². The van der Waals surface area contributed by atoms with Crippen molar-refractivity contribution in [1.29, 1.82) is 0 Å². The lowest BCUT2D eigenvalue weighted by atomic mass is 9.46. The van der Waals surface area contributed by atoms with E-state index in [0.29, 0.717) is 23.7 Å². The second-order valence-electron chi connectivity index (χ2n) is 12.6. The van der Waals surface area contributed by atoms with Gasteiger partial charge in [-0.3, -0.25) is 0 Å². The van der Waals surface area contributed by atoms with Crippen LogP contribution in [0, 0.1) is 40.4 Å². The Kier molecular flexibility index (Phi) is 5.99. The van der Waals surface area contributed by atoms with E-state index in [4.69, 9.17) is 0 Å². The quantitative estimate of drug-likeness (QED) is 0.519. The summed E-state index contributed by atoms with van der Waals surface area (Å²) in [5.41, 5.74) is 1.10. The van der Waals surface area contributed by atoms with Crippen molar-refractivity contribution in [3.8, 4) is 0 Å². The molecule has 1 unspecified atom stereocenters. The first-order chi connectivity index (χ1) is 14.0. The van der Waals surface area contributed by atoms with E-state index in [9.17, 15) is 15.3 Å². The minimum absolute atomic E-state index is 0.125. The van der Waals surface area contributed by atoms with Crippen LogP contribution >= 0.6 is 0 Å². The minimum Gasteiger partial charge on any atom is -0.393 e. The smallest absolute Gasteiger partial charge is 0.0658 e. The van der Waals surface area contributed by atoms with Crippen LogP contribution in [0.25, 0.3) is 0 Å². The van der Waals surface area contributed by atoms with E-state index in [1.54, 1.807) is 0 Å². The first-order valence-electron chi connectivity index (χ1n) is 12.7.